The summed E-state index contributed by atoms with van der Waals surface area (Å²) in [5.41, 5.74) is 0.733. The van der Waals surface area contributed by atoms with E-state index in [1.807, 2.05) is 0 Å². The molecule has 1 aliphatic heterocycles. The Hall–Kier alpha value is -1.93. The van der Waals surface area contributed by atoms with Crippen LogP contribution in [0.5, 0.6) is 0 Å². The van der Waals surface area contributed by atoms with Gasteiger partial charge in [-0.2, -0.15) is 0 Å². The number of aryl methyl sites for hydroxylation is 1. The van der Waals surface area contributed by atoms with Crippen molar-refractivity contribution in [2.75, 3.05) is 33.8 Å². The molecule has 0 bridgehead atoms. The van der Waals surface area contributed by atoms with Gasteiger partial charge in [-0.15, -0.1) is 0 Å². The number of carbonyl (C=O) groups is 2. The summed E-state index contributed by atoms with van der Waals surface area (Å²) in [5, 5.41) is 0. The highest BCUT2D eigenvalue weighted by Gasteiger charge is 2.26. The minimum Gasteiger partial charge on any atom is -0.452 e. The van der Waals surface area contributed by atoms with Crippen molar-refractivity contribution in [2.45, 2.75) is 32.1 Å². The molecule has 0 aromatic heterocycles. The predicted molar refractivity (Wildman–Crippen MR) is 102 cm³/mol. The van der Waals surface area contributed by atoms with Crippen LogP contribution in [0.25, 0.3) is 0 Å². The number of amides is 1. The standard InChI is InChI=1S/C19H28N2O5S/c1-13-8-14(2)11-21(10-13)18(22)12-26-19(23)17-9-16(7-6-15(17)3)27(24,25)20(4)5/h6-7,9,13-14H,8,10-12H2,1-5H3/t13-,14+. The first-order chi connectivity index (χ1) is 12.5. The second-order valence-electron chi connectivity index (χ2n) is 7.59. The molecule has 0 aliphatic carbocycles. The molecule has 1 aromatic carbocycles. The van der Waals surface area contributed by atoms with Crippen molar-refractivity contribution in [1.29, 1.82) is 0 Å². The van der Waals surface area contributed by atoms with Crippen molar-refractivity contribution in [3.8, 4) is 0 Å². The van der Waals surface area contributed by atoms with Gasteiger partial charge < -0.3 is 9.64 Å². The Kier molecular flexibility index (Phi) is 6.64. The maximum atomic E-state index is 12.4. The zero-order valence-corrected chi connectivity index (χ0v) is 17.4. The van der Waals surface area contributed by atoms with E-state index in [4.69, 9.17) is 4.74 Å². The highest BCUT2D eigenvalue weighted by Crippen LogP contribution is 2.22. The fourth-order valence-corrected chi connectivity index (χ4v) is 4.28. The maximum absolute atomic E-state index is 12.4. The van der Waals surface area contributed by atoms with Crippen molar-refractivity contribution in [3.63, 3.8) is 0 Å². The van der Waals surface area contributed by atoms with Crippen molar-refractivity contribution < 1.29 is 22.7 Å². The molecular formula is C19H28N2O5S. The molecule has 1 heterocycles. The Morgan fingerprint density at radius 1 is 1.19 bits per heavy atom. The quantitative estimate of drug-likeness (QED) is 0.710. The van der Waals surface area contributed by atoms with Crippen molar-refractivity contribution in [1.82, 2.24) is 9.21 Å². The Labute approximate surface area is 161 Å². The molecule has 8 heteroatoms. The molecule has 1 saturated heterocycles. The normalized spacial score (nSPS) is 20.6. The van der Waals surface area contributed by atoms with Gasteiger partial charge in [0.25, 0.3) is 5.91 Å². The van der Waals surface area contributed by atoms with Gasteiger partial charge in [0, 0.05) is 27.2 Å². The molecular weight excluding hydrogens is 368 g/mol. The van der Waals surface area contributed by atoms with E-state index in [0.717, 1.165) is 10.7 Å². The van der Waals surface area contributed by atoms with Crippen LogP contribution >= 0.6 is 0 Å². The van der Waals surface area contributed by atoms with E-state index in [1.165, 1.54) is 26.2 Å². The third-order valence-corrected chi connectivity index (χ3v) is 6.57. The number of ether oxygens (including phenoxy) is 1. The Morgan fingerprint density at radius 2 is 1.78 bits per heavy atom. The van der Waals surface area contributed by atoms with Gasteiger partial charge in [-0.1, -0.05) is 19.9 Å². The van der Waals surface area contributed by atoms with E-state index < -0.39 is 16.0 Å². The third kappa shape index (κ3) is 5.07. The van der Waals surface area contributed by atoms with Crippen LogP contribution in [0.1, 0.15) is 36.2 Å². The molecule has 2 rings (SSSR count). The van der Waals surface area contributed by atoms with Crippen LogP contribution < -0.4 is 0 Å². The maximum Gasteiger partial charge on any atom is 0.338 e. The van der Waals surface area contributed by atoms with Crippen LogP contribution in [0.4, 0.5) is 0 Å². The van der Waals surface area contributed by atoms with E-state index in [-0.39, 0.29) is 23.0 Å². The number of esters is 1. The average Bonchev–Trinajstić information content (AvgIpc) is 2.58. The second-order valence-corrected chi connectivity index (χ2v) is 9.74. The second kappa shape index (κ2) is 8.39. The van der Waals surface area contributed by atoms with Crippen molar-refractivity contribution in [2.24, 2.45) is 11.8 Å². The summed E-state index contributed by atoms with van der Waals surface area (Å²) in [5.74, 6) is -0.0848. The monoisotopic (exact) mass is 396 g/mol. The smallest absolute Gasteiger partial charge is 0.338 e. The minimum absolute atomic E-state index is 0.00931. The van der Waals surface area contributed by atoms with Gasteiger partial charge in [0.05, 0.1) is 10.5 Å². The van der Waals surface area contributed by atoms with Crippen LogP contribution in [-0.4, -0.2) is 63.3 Å². The first-order valence-corrected chi connectivity index (χ1v) is 10.4. The summed E-state index contributed by atoms with van der Waals surface area (Å²) in [4.78, 5) is 26.5. The molecule has 27 heavy (non-hydrogen) atoms. The van der Waals surface area contributed by atoms with Crippen LogP contribution in [0.3, 0.4) is 0 Å². The SMILES string of the molecule is Cc1ccc(S(=O)(=O)N(C)C)cc1C(=O)OCC(=O)N1C[C@H](C)C[C@H](C)C1. The number of carbonyl (C=O) groups excluding carboxylic acids is 2. The van der Waals surface area contributed by atoms with Gasteiger partial charge in [0.2, 0.25) is 10.0 Å². The molecule has 1 aliphatic rings. The summed E-state index contributed by atoms with van der Waals surface area (Å²) < 4.78 is 30.8. The van der Waals surface area contributed by atoms with Gasteiger partial charge in [-0.05, 0) is 42.9 Å². The van der Waals surface area contributed by atoms with E-state index in [9.17, 15) is 18.0 Å². The fourth-order valence-electron chi connectivity index (χ4n) is 3.36. The van der Waals surface area contributed by atoms with Crippen LogP contribution in [0.2, 0.25) is 0 Å². The highest BCUT2D eigenvalue weighted by atomic mass is 32.2. The number of sulfonamides is 1. The number of nitrogens with zero attached hydrogens (tertiary/aromatic N) is 2. The number of rotatable bonds is 5. The zero-order chi connectivity index (χ0) is 20.4. The van der Waals surface area contributed by atoms with E-state index in [2.05, 4.69) is 13.8 Å². The molecule has 1 amide bonds. The van der Waals surface area contributed by atoms with Gasteiger partial charge in [-0.3, -0.25) is 4.79 Å². The lowest BCUT2D eigenvalue weighted by Gasteiger charge is -2.34. The van der Waals surface area contributed by atoms with Gasteiger partial charge in [0.15, 0.2) is 6.61 Å². The molecule has 0 spiro atoms. The van der Waals surface area contributed by atoms with Crippen molar-refractivity contribution in [3.05, 3.63) is 29.3 Å². The summed E-state index contributed by atoms with van der Waals surface area (Å²) in [6, 6.07) is 4.30. The molecule has 7 nitrogen and oxygen atoms in total. The molecule has 1 fully saturated rings. The summed E-state index contributed by atoms with van der Waals surface area (Å²) >= 11 is 0. The molecule has 1 aromatic rings. The van der Waals surface area contributed by atoms with Crippen molar-refractivity contribution >= 4 is 21.9 Å². The largest absolute Gasteiger partial charge is 0.452 e. The first-order valence-electron chi connectivity index (χ1n) is 9.00. The number of benzene rings is 1. The first kappa shape index (κ1) is 21.4. The summed E-state index contributed by atoms with van der Waals surface area (Å²) in [6.45, 7) is 6.87. The molecule has 0 unspecified atom stereocenters. The predicted octanol–water partition coefficient (Wildman–Crippen LogP) is 1.91. The number of hydrogen-bond acceptors (Lipinski definition) is 5. The minimum atomic E-state index is -3.66. The lowest BCUT2D eigenvalue weighted by Crippen LogP contribution is -2.44. The third-order valence-electron chi connectivity index (χ3n) is 4.76. The van der Waals surface area contributed by atoms with Gasteiger partial charge in [-0.25, -0.2) is 17.5 Å². The zero-order valence-electron chi connectivity index (χ0n) is 16.6. The van der Waals surface area contributed by atoms with Gasteiger partial charge in [0.1, 0.15) is 0 Å². The number of likely N-dealkylation sites (tertiary alicyclic amines) is 1. The van der Waals surface area contributed by atoms with E-state index in [0.29, 0.717) is 30.5 Å². The number of hydrogen-bond donors (Lipinski definition) is 0. The Bertz CT molecular complexity index is 809. The Balaban J connectivity index is 2.09. The fraction of sp³-hybridized carbons (Fsp3) is 0.579. The summed E-state index contributed by atoms with van der Waals surface area (Å²) in [6.07, 6.45) is 1.08. The topological polar surface area (TPSA) is 84.0 Å². The summed E-state index contributed by atoms with van der Waals surface area (Å²) in [7, 11) is -0.814. The lowest BCUT2D eigenvalue weighted by molar-refractivity contribution is -0.137. The number of piperidine rings is 1. The van der Waals surface area contributed by atoms with Gasteiger partial charge >= 0.3 is 5.97 Å². The molecule has 0 saturated carbocycles. The van der Waals surface area contributed by atoms with Crippen LogP contribution in [0, 0.1) is 18.8 Å². The lowest BCUT2D eigenvalue weighted by atomic mass is 9.92. The average molecular weight is 397 g/mol. The van der Waals surface area contributed by atoms with E-state index >= 15 is 0 Å². The molecule has 0 N–H and O–H groups in total. The van der Waals surface area contributed by atoms with Crippen LogP contribution in [0.15, 0.2) is 23.1 Å². The molecule has 150 valence electrons. The van der Waals surface area contributed by atoms with Crippen LogP contribution in [-0.2, 0) is 19.6 Å². The Morgan fingerprint density at radius 3 is 2.33 bits per heavy atom. The highest BCUT2D eigenvalue weighted by molar-refractivity contribution is 7.89. The molecule has 0 radical (unpaired) electrons. The molecule has 2 atom stereocenters. The van der Waals surface area contributed by atoms with E-state index in [1.54, 1.807) is 17.9 Å².